The topological polar surface area (TPSA) is 44.5 Å². The maximum atomic E-state index is 5.89. The van der Waals surface area contributed by atoms with E-state index in [-0.39, 0.29) is 5.60 Å². The zero-order valence-electron chi connectivity index (χ0n) is 10.8. The lowest BCUT2D eigenvalue weighted by Gasteiger charge is -2.20. The lowest BCUT2D eigenvalue weighted by atomic mass is 10.2. The first-order chi connectivity index (χ1) is 7.79. The Morgan fingerprint density at radius 1 is 1.24 bits per heavy atom. The van der Waals surface area contributed by atoms with Crippen LogP contribution < -0.4 is 10.5 Å². The predicted octanol–water partition coefficient (Wildman–Crippen LogP) is 3.53. The standard InChI is InChI=1S/C13H20BrNO2/c1-9-7-10(14)8-11(15)12(9)16-5-6-17-13(2,3)4/h7-8H,5-6,15H2,1-4H3. The van der Waals surface area contributed by atoms with Crippen LogP contribution in [0, 0.1) is 6.92 Å². The van der Waals surface area contributed by atoms with Gasteiger partial charge in [-0.2, -0.15) is 0 Å². The Kier molecular flexibility index (Phi) is 4.83. The van der Waals surface area contributed by atoms with Gasteiger partial charge in [-0.25, -0.2) is 0 Å². The van der Waals surface area contributed by atoms with Crippen LogP contribution in [0.1, 0.15) is 26.3 Å². The molecule has 0 unspecified atom stereocenters. The van der Waals surface area contributed by atoms with E-state index < -0.39 is 0 Å². The van der Waals surface area contributed by atoms with E-state index >= 15 is 0 Å². The number of benzene rings is 1. The maximum Gasteiger partial charge on any atom is 0.145 e. The molecule has 1 rings (SSSR count). The summed E-state index contributed by atoms with van der Waals surface area (Å²) in [5.41, 5.74) is 7.43. The lowest BCUT2D eigenvalue weighted by molar-refractivity contribution is -0.0162. The van der Waals surface area contributed by atoms with Gasteiger partial charge in [0.05, 0.1) is 17.9 Å². The van der Waals surface area contributed by atoms with Gasteiger partial charge in [0.2, 0.25) is 0 Å². The fourth-order valence-electron chi connectivity index (χ4n) is 1.44. The number of hydrogen-bond acceptors (Lipinski definition) is 3. The van der Waals surface area contributed by atoms with Crippen molar-refractivity contribution in [2.75, 3.05) is 18.9 Å². The van der Waals surface area contributed by atoms with Crippen molar-refractivity contribution in [3.63, 3.8) is 0 Å². The summed E-state index contributed by atoms with van der Waals surface area (Å²) < 4.78 is 12.2. The third kappa shape index (κ3) is 4.96. The minimum Gasteiger partial charge on any atom is -0.489 e. The van der Waals surface area contributed by atoms with Crippen molar-refractivity contribution in [1.82, 2.24) is 0 Å². The van der Waals surface area contributed by atoms with Crippen LogP contribution in [-0.2, 0) is 4.74 Å². The van der Waals surface area contributed by atoms with E-state index in [2.05, 4.69) is 15.9 Å². The Balaban J connectivity index is 2.53. The van der Waals surface area contributed by atoms with Gasteiger partial charge in [0, 0.05) is 4.47 Å². The van der Waals surface area contributed by atoms with E-state index in [0.717, 1.165) is 15.8 Å². The molecular formula is C13H20BrNO2. The van der Waals surface area contributed by atoms with Crippen molar-refractivity contribution >= 4 is 21.6 Å². The highest BCUT2D eigenvalue weighted by Gasteiger charge is 2.10. The molecule has 0 saturated heterocycles. The molecule has 0 radical (unpaired) electrons. The Bertz CT molecular complexity index is 362. The lowest BCUT2D eigenvalue weighted by Crippen LogP contribution is -2.22. The van der Waals surface area contributed by atoms with Gasteiger partial charge >= 0.3 is 0 Å². The van der Waals surface area contributed by atoms with Crippen LogP contribution in [-0.4, -0.2) is 18.8 Å². The summed E-state index contributed by atoms with van der Waals surface area (Å²) in [6.45, 7) is 9.09. The average Bonchev–Trinajstić information content (AvgIpc) is 2.13. The third-order valence-corrected chi connectivity index (χ3v) is 2.59. The molecule has 4 heteroatoms. The molecule has 0 saturated carbocycles. The second-order valence-corrected chi connectivity index (χ2v) is 5.87. The summed E-state index contributed by atoms with van der Waals surface area (Å²) in [5, 5.41) is 0. The quantitative estimate of drug-likeness (QED) is 0.683. The van der Waals surface area contributed by atoms with Gasteiger partial charge in [0.15, 0.2) is 0 Å². The first kappa shape index (κ1) is 14.3. The summed E-state index contributed by atoms with van der Waals surface area (Å²) >= 11 is 3.39. The highest BCUT2D eigenvalue weighted by atomic mass is 79.9. The van der Waals surface area contributed by atoms with Gasteiger partial charge in [-0.05, 0) is 45.4 Å². The van der Waals surface area contributed by atoms with Crippen LogP contribution in [0.25, 0.3) is 0 Å². The number of hydrogen-bond donors (Lipinski definition) is 1. The summed E-state index contributed by atoms with van der Waals surface area (Å²) in [6, 6.07) is 3.82. The summed E-state index contributed by atoms with van der Waals surface area (Å²) in [7, 11) is 0. The molecule has 0 aliphatic carbocycles. The largest absolute Gasteiger partial charge is 0.489 e. The van der Waals surface area contributed by atoms with Gasteiger partial charge in [-0.3, -0.25) is 0 Å². The van der Waals surface area contributed by atoms with Crippen molar-refractivity contribution in [3.05, 3.63) is 22.2 Å². The van der Waals surface area contributed by atoms with Gasteiger partial charge < -0.3 is 15.2 Å². The Labute approximate surface area is 111 Å². The fourth-order valence-corrected chi connectivity index (χ4v) is 2.03. The number of aryl methyl sites for hydroxylation is 1. The Morgan fingerprint density at radius 2 is 1.88 bits per heavy atom. The molecule has 96 valence electrons. The molecule has 0 aromatic heterocycles. The number of halogens is 1. The average molecular weight is 302 g/mol. The zero-order chi connectivity index (χ0) is 13.1. The number of nitrogens with two attached hydrogens (primary N) is 1. The van der Waals surface area contributed by atoms with Gasteiger partial charge in [0.25, 0.3) is 0 Å². The smallest absolute Gasteiger partial charge is 0.145 e. The zero-order valence-corrected chi connectivity index (χ0v) is 12.4. The number of anilines is 1. The monoisotopic (exact) mass is 301 g/mol. The van der Waals surface area contributed by atoms with Crippen LogP contribution in [0.15, 0.2) is 16.6 Å². The molecule has 0 aliphatic heterocycles. The van der Waals surface area contributed by atoms with E-state index in [1.54, 1.807) is 0 Å². The minimum absolute atomic E-state index is 0.135. The van der Waals surface area contributed by atoms with E-state index in [9.17, 15) is 0 Å². The second kappa shape index (κ2) is 5.74. The van der Waals surface area contributed by atoms with Crippen LogP contribution in [0.4, 0.5) is 5.69 Å². The maximum absolute atomic E-state index is 5.89. The molecule has 0 heterocycles. The van der Waals surface area contributed by atoms with Crippen molar-refractivity contribution in [2.45, 2.75) is 33.3 Å². The Morgan fingerprint density at radius 3 is 2.41 bits per heavy atom. The third-order valence-electron chi connectivity index (χ3n) is 2.13. The molecule has 1 aromatic carbocycles. The first-order valence-corrected chi connectivity index (χ1v) is 6.41. The van der Waals surface area contributed by atoms with Crippen LogP contribution in [0.3, 0.4) is 0 Å². The molecule has 0 bridgehead atoms. The Hall–Kier alpha value is -0.740. The highest BCUT2D eigenvalue weighted by Crippen LogP contribution is 2.29. The summed E-state index contributed by atoms with van der Waals surface area (Å²) in [5.74, 6) is 0.741. The second-order valence-electron chi connectivity index (χ2n) is 4.95. The van der Waals surface area contributed by atoms with Crippen molar-refractivity contribution in [3.8, 4) is 5.75 Å². The molecular weight excluding hydrogens is 282 g/mol. The van der Waals surface area contributed by atoms with Crippen LogP contribution >= 0.6 is 15.9 Å². The SMILES string of the molecule is Cc1cc(Br)cc(N)c1OCCOC(C)(C)C. The molecule has 0 atom stereocenters. The fraction of sp³-hybridized carbons (Fsp3) is 0.538. The van der Waals surface area contributed by atoms with Gasteiger partial charge in [0.1, 0.15) is 12.4 Å². The van der Waals surface area contributed by atoms with Gasteiger partial charge in [-0.15, -0.1) is 0 Å². The molecule has 1 aromatic rings. The molecule has 0 aliphatic rings. The van der Waals surface area contributed by atoms with E-state index in [4.69, 9.17) is 15.2 Å². The van der Waals surface area contributed by atoms with E-state index in [1.165, 1.54) is 0 Å². The highest BCUT2D eigenvalue weighted by molar-refractivity contribution is 9.10. The summed E-state index contributed by atoms with van der Waals surface area (Å²) in [6.07, 6.45) is 0. The number of ether oxygens (including phenoxy) is 2. The van der Waals surface area contributed by atoms with Crippen molar-refractivity contribution in [1.29, 1.82) is 0 Å². The number of nitrogen functional groups attached to an aromatic ring is 1. The van der Waals surface area contributed by atoms with E-state index in [1.807, 2.05) is 39.8 Å². The van der Waals surface area contributed by atoms with Gasteiger partial charge in [-0.1, -0.05) is 15.9 Å². The normalized spacial score (nSPS) is 11.6. The molecule has 0 spiro atoms. The van der Waals surface area contributed by atoms with E-state index in [0.29, 0.717) is 18.9 Å². The van der Waals surface area contributed by atoms with Crippen molar-refractivity contribution < 1.29 is 9.47 Å². The minimum atomic E-state index is -0.135. The predicted molar refractivity (Wildman–Crippen MR) is 74.5 cm³/mol. The first-order valence-electron chi connectivity index (χ1n) is 5.62. The molecule has 17 heavy (non-hydrogen) atoms. The van der Waals surface area contributed by atoms with Crippen LogP contribution in [0.2, 0.25) is 0 Å². The molecule has 0 fully saturated rings. The van der Waals surface area contributed by atoms with Crippen LogP contribution in [0.5, 0.6) is 5.75 Å². The van der Waals surface area contributed by atoms with Crippen molar-refractivity contribution in [2.24, 2.45) is 0 Å². The number of rotatable bonds is 4. The molecule has 0 amide bonds. The molecule has 3 nitrogen and oxygen atoms in total. The molecule has 2 N–H and O–H groups in total. The summed E-state index contributed by atoms with van der Waals surface area (Å²) in [4.78, 5) is 0.